The van der Waals surface area contributed by atoms with E-state index < -0.39 is 0 Å². The second kappa shape index (κ2) is 5.87. The first-order valence-electron chi connectivity index (χ1n) is 6.90. The van der Waals surface area contributed by atoms with Gasteiger partial charge in [-0.15, -0.1) is 0 Å². The third-order valence-corrected chi connectivity index (χ3v) is 4.88. The van der Waals surface area contributed by atoms with Gasteiger partial charge in [0.05, 0.1) is 18.5 Å². The molecule has 0 radical (unpaired) electrons. The van der Waals surface area contributed by atoms with Crippen LogP contribution in [0.5, 0.6) is 11.5 Å². The van der Waals surface area contributed by atoms with Crippen molar-refractivity contribution in [1.29, 1.82) is 0 Å². The molecule has 0 aromatic heterocycles. The molecule has 0 N–H and O–H groups in total. The van der Waals surface area contributed by atoms with E-state index in [0.717, 1.165) is 36.3 Å². The number of fused-ring (bicyclic) bond motifs is 1. The molecule has 0 aliphatic carbocycles. The van der Waals surface area contributed by atoms with Gasteiger partial charge in [-0.3, -0.25) is 4.79 Å². The van der Waals surface area contributed by atoms with Gasteiger partial charge in [-0.05, 0) is 36.8 Å². The molecular weight excluding hydrogens is 260 g/mol. The number of rotatable bonds is 2. The summed E-state index contributed by atoms with van der Waals surface area (Å²) in [7, 11) is 0. The van der Waals surface area contributed by atoms with Crippen molar-refractivity contribution >= 4 is 17.5 Å². The van der Waals surface area contributed by atoms with E-state index in [1.165, 1.54) is 6.42 Å². The number of hydrogen-bond donors (Lipinski definition) is 0. The molecule has 1 aromatic rings. The average Bonchev–Trinajstić information content (AvgIpc) is 2.72. The molecular formula is C15H18O3S. The normalized spacial score (nSPS) is 22.6. The minimum atomic E-state index is 0.124. The maximum atomic E-state index is 12.5. The molecule has 4 heteroatoms. The number of ether oxygens (including phenoxy) is 2. The lowest BCUT2D eigenvalue weighted by Crippen LogP contribution is -2.21. The van der Waals surface area contributed by atoms with Crippen LogP contribution in [0.2, 0.25) is 0 Å². The van der Waals surface area contributed by atoms with Crippen LogP contribution in [-0.4, -0.2) is 30.0 Å². The molecule has 1 aromatic carbocycles. The average molecular weight is 278 g/mol. The van der Waals surface area contributed by atoms with Crippen molar-refractivity contribution in [2.45, 2.75) is 30.9 Å². The van der Waals surface area contributed by atoms with E-state index in [0.29, 0.717) is 19.0 Å². The Hall–Kier alpha value is -1.16. The summed E-state index contributed by atoms with van der Waals surface area (Å²) in [6, 6.07) is 5.57. The summed E-state index contributed by atoms with van der Waals surface area (Å²) in [4.78, 5) is 12.5. The van der Waals surface area contributed by atoms with E-state index in [-0.39, 0.29) is 11.0 Å². The van der Waals surface area contributed by atoms with Gasteiger partial charge in [0.1, 0.15) is 0 Å². The third kappa shape index (κ3) is 2.89. The number of carbonyl (C=O) groups excluding carboxylic acids is 1. The van der Waals surface area contributed by atoms with Crippen LogP contribution in [0, 0.1) is 0 Å². The number of benzene rings is 1. The highest BCUT2D eigenvalue weighted by Crippen LogP contribution is 2.33. The van der Waals surface area contributed by atoms with Crippen LogP contribution in [0.25, 0.3) is 0 Å². The Balaban J connectivity index is 1.80. The summed E-state index contributed by atoms with van der Waals surface area (Å²) in [5.74, 6) is 2.80. The van der Waals surface area contributed by atoms with Gasteiger partial charge in [-0.2, -0.15) is 11.8 Å². The Bertz CT molecular complexity index is 466. The highest BCUT2D eigenvalue weighted by atomic mass is 32.2. The molecule has 0 spiro atoms. The Morgan fingerprint density at radius 2 is 1.95 bits per heavy atom. The first-order valence-corrected chi connectivity index (χ1v) is 7.95. The monoisotopic (exact) mass is 278 g/mol. The Morgan fingerprint density at radius 1 is 1.11 bits per heavy atom. The number of hydrogen-bond acceptors (Lipinski definition) is 4. The quantitative estimate of drug-likeness (QED) is 0.777. The minimum Gasteiger partial charge on any atom is -0.490 e. The number of Topliss-reactive ketones (excluding diaryl/α,β-unsaturated/α-hetero) is 1. The second-order valence-electron chi connectivity index (χ2n) is 4.93. The van der Waals surface area contributed by atoms with Crippen molar-refractivity contribution in [2.24, 2.45) is 0 Å². The lowest BCUT2D eigenvalue weighted by molar-refractivity contribution is 0.0984. The zero-order valence-corrected chi connectivity index (χ0v) is 11.7. The summed E-state index contributed by atoms with van der Waals surface area (Å²) in [6.07, 6.45) is 4.28. The Kier molecular flexibility index (Phi) is 3.97. The SMILES string of the molecule is O=C(c1ccc2c(c1)OCCCO2)C1CCCCS1. The van der Waals surface area contributed by atoms with Crippen LogP contribution in [0.4, 0.5) is 0 Å². The van der Waals surface area contributed by atoms with Crippen molar-refractivity contribution in [2.75, 3.05) is 19.0 Å². The van der Waals surface area contributed by atoms with Gasteiger partial charge in [0.15, 0.2) is 17.3 Å². The van der Waals surface area contributed by atoms with E-state index in [1.54, 1.807) is 11.8 Å². The van der Waals surface area contributed by atoms with Crippen molar-refractivity contribution in [3.8, 4) is 11.5 Å². The lowest BCUT2D eigenvalue weighted by Gasteiger charge is -2.20. The first-order chi connectivity index (χ1) is 9.34. The highest BCUT2D eigenvalue weighted by molar-refractivity contribution is 8.00. The van der Waals surface area contributed by atoms with Crippen LogP contribution in [-0.2, 0) is 0 Å². The van der Waals surface area contributed by atoms with Gasteiger partial charge < -0.3 is 9.47 Å². The molecule has 3 nitrogen and oxygen atoms in total. The van der Waals surface area contributed by atoms with Crippen LogP contribution >= 0.6 is 11.8 Å². The molecule has 1 unspecified atom stereocenters. The summed E-state index contributed by atoms with van der Waals surface area (Å²) in [6.45, 7) is 1.33. The fourth-order valence-corrected chi connectivity index (χ4v) is 3.73. The van der Waals surface area contributed by atoms with Gasteiger partial charge in [0.25, 0.3) is 0 Å². The molecule has 1 saturated heterocycles. The topological polar surface area (TPSA) is 35.5 Å². The molecule has 1 fully saturated rings. The summed E-state index contributed by atoms with van der Waals surface area (Å²) >= 11 is 1.79. The zero-order chi connectivity index (χ0) is 13.1. The maximum absolute atomic E-state index is 12.5. The molecule has 3 rings (SSSR count). The predicted molar refractivity (Wildman–Crippen MR) is 76.5 cm³/mol. The van der Waals surface area contributed by atoms with Crippen molar-refractivity contribution < 1.29 is 14.3 Å². The fraction of sp³-hybridized carbons (Fsp3) is 0.533. The van der Waals surface area contributed by atoms with E-state index in [4.69, 9.17) is 9.47 Å². The molecule has 2 heterocycles. The maximum Gasteiger partial charge on any atom is 0.175 e. The molecule has 0 bridgehead atoms. The number of thioether (sulfide) groups is 1. The number of ketones is 1. The van der Waals surface area contributed by atoms with E-state index >= 15 is 0 Å². The molecule has 102 valence electrons. The number of carbonyl (C=O) groups is 1. The van der Waals surface area contributed by atoms with Crippen LogP contribution < -0.4 is 9.47 Å². The van der Waals surface area contributed by atoms with E-state index in [9.17, 15) is 4.79 Å². The lowest BCUT2D eigenvalue weighted by atomic mass is 10.0. The zero-order valence-electron chi connectivity index (χ0n) is 10.9. The van der Waals surface area contributed by atoms with Gasteiger partial charge in [-0.25, -0.2) is 0 Å². The highest BCUT2D eigenvalue weighted by Gasteiger charge is 2.24. The summed E-state index contributed by atoms with van der Waals surface area (Å²) in [5, 5.41) is 0.124. The van der Waals surface area contributed by atoms with Crippen LogP contribution in [0.1, 0.15) is 36.0 Å². The van der Waals surface area contributed by atoms with Crippen molar-refractivity contribution in [3.63, 3.8) is 0 Å². The van der Waals surface area contributed by atoms with E-state index in [2.05, 4.69) is 0 Å². The van der Waals surface area contributed by atoms with Gasteiger partial charge in [0.2, 0.25) is 0 Å². The molecule has 1 atom stereocenters. The molecule has 0 amide bonds. The van der Waals surface area contributed by atoms with Gasteiger partial charge >= 0.3 is 0 Å². The van der Waals surface area contributed by atoms with Gasteiger partial charge in [-0.1, -0.05) is 6.42 Å². The molecule has 2 aliphatic heterocycles. The fourth-order valence-electron chi connectivity index (χ4n) is 2.45. The molecule has 19 heavy (non-hydrogen) atoms. The molecule has 2 aliphatic rings. The smallest absolute Gasteiger partial charge is 0.175 e. The van der Waals surface area contributed by atoms with E-state index in [1.807, 2.05) is 18.2 Å². The van der Waals surface area contributed by atoms with Crippen LogP contribution in [0.15, 0.2) is 18.2 Å². The summed E-state index contributed by atoms with van der Waals surface area (Å²) in [5.41, 5.74) is 0.753. The van der Waals surface area contributed by atoms with Crippen molar-refractivity contribution in [3.05, 3.63) is 23.8 Å². The molecule has 0 saturated carbocycles. The third-order valence-electron chi connectivity index (χ3n) is 3.50. The van der Waals surface area contributed by atoms with Crippen LogP contribution in [0.3, 0.4) is 0 Å². The first kappa shape index (κ1) is 12.9. The minimum absolute atomic E-state index is 0.124. The summed E-state index contributed by atoms with van der Waals surface area (Å²) < 4.78 is 11.2. The van der Waals surface area contributed by atoms with Gasteiger partial charge in [0, 0.05) is 12.0 Å². The van der Waals surface area contributed by atoms with Crippen molar-refractivity contribution in [1.82, 2.24) is 0 Å². The Morgan fingerprint density at radius 3 is 2.74 bits per heavy atom. The predicted octanol–water partition coefficient (Wildman–Crippen LogP) is 3.32. The standard InChI is InChI=1S/C15H18O3S/c16-15(14-4-1-2-9-19-14)11-5-6-12-13(10-11)18-8-3-7-17-12/h5-6,10,14H,1-4,7-9H2. The second-order valence-corrected chi connectivity index (χ2v) is 6.24. The Labute approximate surface area is 117 Å². The largest absolute Gasteiger partial charge is 0.490 e.